The van der Waals surface area contributed by atoms with E-state index in [1.807, 2.05) is 46.8 Å². The molecule has 0 bridgehead atoms. The molecule has 0 aliphatic rings. The second-order valence-corrected chi connectivity index (χ2v) is 10.5. The lowest BCUT2D eigenvalue weighted by molar-refractivity contribution is -0.385. The third kappa shape index (κ3) is 9.50. The van der Waals surface area contributed by atoms with Crippen molar-refractivity contribution in [1.29, 1.82) is 0 Å². The number of nitro benzene ring substituents is 2. The Bertz CT molecular complexity index is 2060. The van der Waals surface area contributed by atoms with Crippen LogP contribution in [0.4, 0.5) is 11.4 Å². The number of rotatable bonds is 9. The van der Waals surface area contributed by atoms with E-state index in [1.54, 1.807) is 61.2 Å². The molecular weight excluding hydrogens is 661 g/mol. The zero-order chi connectivity index (χ0) is 34.5. The fourth-order valence-corrected chi connectivity index (χ4v) is 4.77. The highest BCUT2D eigenvalue weighted by Gasteiger charge is 2.12. The second-order valence-electron chi connectivity index (χ2n) is 9.57. The van der Waals surface area contributed by atoms with Crippen LogP contribution < -0.4 is 0 Å². The molecule has 0 spiro atoms. The van der Waals surface area contributed by atoms with Crippen LogP contribution in [0.25, 0.3) is 11.6 Å². The summed E-state index contributed by atoms with van der Waals surface area (Å²) in [6, 6.07) is 16.7. The minimum atomic E-state index is -0.750. The van der Waals surface area contributed by atoms with Crippen LogP contribution in [0, 0.1) is 27.2 Å². The van der Waals surface area contributed by atoms with E-state index in [1.165, 1.54) is 23.9 Å². The van der Waals surface area contributed by atoms with Crippen molar-refractivity contribution in [3.63, 3.8) is 0 Å². The fraction of sp³-hybridized carbons (Fsp3) is 0.133. The van der Waals surface area contributed by atoms with E-state index >= 15 is 0 Å². The molecule has 16 nitrogen and oxygen atoms in total. The molecule has 0 fully saturated rings. The normalized spacial score (nSPS) is 10.2. The monoisotopic (exact) mass is 686 g/mol. The van der Waals surface area contributed by atoms with Gasteiger partial charge >= 0.3 is 11.6 Å². The molecule has 6 rings (SSSR count). The Balaban J connectivity index is 0.000000201. The van der Waals surface area contributed by atoms with Crippen molar-refractivity contribution in [2.24, 2.45) is 0 Å². The highest BCUT2D eigenvalue weighted by atomic mass is 32.2. The quantitative estimate of drug-likeness (QED) is 0.0877. The second kappa shape index (κ2) is 17.1. The maximum atomic E-state index is 10.9. The van der Waals surface area contributed by atoms with Crippen molar-refractivity contribution in [2.45, 2.75) is 24.9 Å². The SMILES string of the molecule is CSc1nccc(-n2ccnc2Cc2cccc([N+](=O)[O-])c2)n1.Cc1nccc(-n2ccnc2Cc2cccc([N+](=O)[O-])c2)n1.O=S=O. The maximum absolute atomic E-state index is 10.9. The Morgan fingerprint density at radius 3 is 1.62 bits per heavy atom. The number of imidazole rings is 2. The molecule has 0 N–H and O–H groups in total. The Morgan fingerprint density at radius 1 is 0.688 bits per heavy atom. The first kappa shape index (κ1) is 34.9. The first-order valence-corrected chi connectivity index (χ1v) is 15.7. The number of nitrogens with zero attached hydrogens (tertiary/aromatic N) is 10. The van der Waals surface area contributed by atoms with Gasteiger partial charge in [-0.15, -0.1) is 0 Å². The Labute approximate surface area is 280 Å². The van der Waals surface area contributed by atoms with E-state index in [0.717, 1.165) is 34.4 Å². The molecule has 18 heteroatoms. The van der Waals surface area contributed by atoms with Gasteiger partial charge in [-0.25, -0.2) is 29.9 Å². The van der Waals surface area contributed by atoms with Crippen LogP contribution in [-0.4, -0.2) is 63.6 Å². The minimum Gasteiger partial charge on any atom is -0.288 e. The van der Waals surface area contributed by atoms with Crippen molar-refractivity contribution in [1.82, 2.24) is 39.0 Å². The zero-order valence-corrected chi connectivity index (χ0v) is 27.0. The average Bonchev–Trinajstić information content (AvgIpc) is 3.75. The molecule has 0 radical (unpaired) electrons. The standard InChI is InChI=1S/C15H13N5O2S.C15H13N5O2.O2S/c1-23-15-17-6-5-13(18-15)19-8-7-16-14(19)10-11-3-2-4-12(9-11)20(21)22;1-11-16-6-5-14(18-11)19-8-7-17-15(19)10-12-3-2-4-13(9-12)20(21)22;1-3-2/h2-9H,10H2,1H3;2-9H,10H2,1H3;. The summed E-state index contributed by atoms with van der Waals surface area (Å²) in [7, 11) is 0. The van der Waals surface area contributed by atoms with E-state index in [9.17, 15) is 20.2 Å². The molecule has 4 heterocycles. The van der Waals surface area contributed by atoms with Crippen molar-refractivity contribution in [2.75, 3.05) is 6.26 Å². The van der Waals surface area contributed by atoms with Crippen LogP contribution >= 0.6 is 11.8 Å². The van der Waals surface area contributed by atoms with E-state index in [0.29, 0.717) is 23.8 Å². The number of aromatic nitrogens is 8. The number of benzene rings is 2. The van der Waals surface area contributed by atoms with Gasteiger partial charge in [0.25, 0.3) is 11.4 Å². The fourth-order valence-electron chi connectivity index (χ4n) is 4.41. The first-order valence-electron chi connectivity index (χ1n) is 13.8. The molecule has 0 aliphatic carbocycles. The largest absolute Gasteiger partial charge is 0.335 e. The molecule has 0 aliphatic heterocycles. The van der Waals surface area contributed by atoms with Crippen molar-refractivity contribution in [3.05, 3.63) is 147 Å². The molecule has 6 aromatic rings. The van der Waals surface area contributed by atoms with E-state index in [4.69, 9.17) is 8.42 Å². The van der Waals surface area contributed by atoms with Crippen LogP contribution in [0.3, 0.4) is 0 Å². The summed E-state index contributed by atoms with van der Waals surface area (Å²) in [5.41, 5.74) is 1.80. The minimum absolute atomic E-state index is 0.0762. The van der Waals surface area contributed by atoms with Gasteiger partial charge in [-0.3, -0.25) is 29.4 Å². The van der Waals surface area contributed by atoms with Gasteiger partial charge in [0.1, 0.15) is 29.1 Å². The molecule has 0 saturated carbocycles. The molecule has 0 unspecified atom stereocenters. The lowest BCUT2D eigenvalue weighted by Gasteiger charge is -2.07. The molecule has 2 aromatic carbocycles. The Kier molecular flexibility index (Phi) is 12.4. The van der Waals surface area contributed by atoms with Gasteiger partial charge in [-0.1, -0.05) is 36.0 Å². The predicted molar refractivity (Wildman–Crippen MR) is 176 cm³/mol. The van der Waals surface area contributed by atoms with E-state index in [-0.39, 0.29) is 11.4 Å². The number of nitro groups is 2. The smallest absolute Gasteiger partial charge is 0.288 e. The molecule has 0 atom stereocenters. The number of thioether (sulfide) groups is 1. The lowest BCUT2D eigenvalue weighted by Crippen LogP contribution is -2.05. The van der Waals surface area contributed by atoms with E-state index < -0.39 is 21.4 Å². The summed E-state index contributed by atoms with van der Waals surface area (Å²) in [4.78, 5) is 46.6. The Morgan fingerprint density at radius 2 is 1.17 bits per heavy atom. The molecule has 48 heavy (non-hydrogen) atoms. The van der Waals surface area contributed by atoms with Gasteiger partial charge in [-0.05, 0) is 36.4 Å². The lowest BCUT2D eigenvalue weighted by atomic mass is 10.1. The summed E-state index contributed by atoms with van der Waals surface area (Å²) in [5.74, 6) is 3.65. The molecule has 4 aromatic heterocycles. The van der Waals surface area contributed by atoms with Gasteiger partial charge in [0.2, 0.25) is 0 Å². The summed E-state index contributed by atoms with van der Waals surface area (Å²) >= 11 is 0.714. The zero-order valence-electron chi connectivity index (χ0n) is 25.4. The van der Waals surface area contributed by atoms with Crippen LogP contribution in [0.1, 0.15) is 28.6 Å². The van der Waals surface area contributed by atoms with Crippen molar-refractivity contribution in [3.8, 4) is 11.6 Å². The number of hydrogen-bond acceptors (Lipinski definition) is 13. The van der Waals surface area contributed by atoms with Crippen LogP contribution in [0.15, 0.2) is 103 Å². The summed E-state index contributed by atoms with van der Waals surface area (Å²) < 4.78 is 20.3. The van der Waals surface area contributed by atoms with Crippen LogP contribution in [0.5, 0.6) is 0 Å². The third-order valence-electron chi connectivity index (χ3n) is 6.46. The summed E-state index contributed by atoms with van der Waals surface area (Å²) in [6.45, 7) is 1.82. The highest BCUT2D eigenvalue weighted by molar-refractivity contribution is 7.98. The molecular formula is C30H26N10O6S2. The maximum Gasteiger partial charge on any atom is 0.335 e. The van der Waals surface area contributed by atoms with Gasteiger partial charge in [0, 0.05) is 74.3 Å². The van der Waals surface area contributed by atoms with Gasteiger partial charge in [-0.2, -0.15) is 8.42 Å². The highest BCUT2D eigenvalue weighted by Crippen LogP contribution is 2.19. The summed E-state index contributed by atoms with van der Waals surface area (Å²) in [5, 5.41) is 22.4. The van der Waals surface area contributed by atoms with Crippen LogP contribution in [0.2, 0.25) is 0 Å². The average molecular weight is 687 g/mol. The van der Waals surface area contributed by atoms with Crippen molar-refractivity contribution < 1.29 is 18.3 Å². The van der Waals surface area contributed by atoms with E-state index in [2.05, 4.69) is 29.9 Å². The van der Waals surface area contributed by atoms with Gasteiger partial charge < -0.3 is 0 Å². The van der Waals surface area contributed by atoms with Crippen LogP contribution in [-0.2, 0) is 24.4 Å². The number of non-ortho nitro benzene ring substituents is 2. The molecule has 244 valence electrons. The molecule has 0 saturated heterocycles. The first-order chi connectivity index (χ1) is 23.2. The molecule has 0 amide bonds. The number of hydrogen-bond donors (Lipinski definition) is 0. The predicted octanol–water partition coefficient (Wildman–Crippen LogP) is 4.68. The third-order valence-corrected chi connectivity index (χ3v) is 7.02. The van der Waals surface area contributed by atoms with Gasteiger partial charge in [0.05, 0.1) is 9.85 Å². The topological polar surface area (TPSA) is 208 Å². The van der Waals surface area contributed by atoms with Crippen molar-refractivity contribution >= 4 is 34.7 Å². The van der Waals surface area contributed by atoms with Gasteiger partial charge in [0.15, 0.2) is 5.16 Å². The Hall–Kier alpha value is -6.01. The summed E-state index contributed by atoms with van der Waals surface area (Å²) in [6.07, 6.45) is 13.3. The number of aryl methyl sites for hydroxylation is 1.